The van der Waals surface area contributed by atoms with Crippen LogP contribution in [0, 0.1) is 12.3 Å². The first-order valence-corrected chi connectivity index (χ1v) is 10.0. The lowest BCUT2D eigenvalue weighted by molar-refractivity contribution is 0.203. The minimum absolute atomic E-state index is 0.584. The smallest absolute Gasteiger partial charge is 0.193 e. The van der Waals surface area contributed by atoms with Crippen molar-refractivity contribution in [1.29, 1.82) is 0 Å². The third kappa shape index (κ3) is 4.25. The zero-order valence-electron chi connectivity index (χ0n) is 14.6. The van der Waals surface area contributed by atoms with Crippen molar-refractivity contribution in [3.63, 3.8) is 0 Å². The highest BCUT2D eigenvalue weighted by Gasteiger charge is 2.39. The number of rotatable bonds is 4. The highest BCUT2D eigenvalue weighted by atomic mass is 32.1. The van der Waals surface area contributed by atoms with Crippen LogP contribution < -0.4 is 5.32 Å². The third-order valence-corrected chi connectivity index (χ3v) is 6.11. The average Bonchev–Trinajstić information content (AvgIpc) is 3.14. The summed E-state index contributed by atoms with van der Waals surface area (Å²) in [6.07, 6.45) is 9.40. The molecule has 2 aliphatic rings. The Balaban J connectivity index is 1.58. The van der Waals surface area contributed by atoms with Gasteiger partial charge in [-0.3, -0.25) is 4.99 Å². The number of hydrogen-bond acceptors (Lipinski definition) is 3. The van der Waals surface area contributed by atoms with E-state index in [1.165, 1.54) is 57.3 Å². The van der Waals surface area contributed by atoms with Gasteiger partial charge in [0, 0.05) is 38.0 Å². The molecule has 1 aliphatic heterocycles. The molecule has 1 saturated heterocycles. The van der Waals surface area contributed by atoms with Gasteiger partial charge in [0.2, 0.25) is 0 Å². The van der Waals surface area contributed by atoms with Gasteiger partial charge in [0.05, 0.1) is 10.7 Å². The Morgan fingerprint density at radius 3 is 2.87 bits per heavy atom. The van der Waals surface area contributed by atoms with Crippen molar-refractivity contribution in [2.45, 2.75) is 58.8 Å². The summed E-state index contributed by atoms with van der Waals surface area (Å²) in [5.74, 6) is 1.11. The fraction of sp³-hybridized carbons (Fsp3) is 0.778. The van der Waals surface area contributed by atoms with Crippen molar-refractivity contribution in [3.8, 4) is 0 Å². The van der Waals surface area contributed by atoms with E-state index in [2.05, 4.69) is 34.4 Å². The number of thiazole rings is 1. The topological polar surface area (TPSA) is 40.5 Å². The van der Waals surface area contributed by atoms with E-state index in [1.54, 1.807) is 11.3 Å². The quantitative estimate of drug-likeness (QED) is 0.675. The molecular formula is C18H30N4S. The van der Waals surface area contributed by atoms with E-state index < -0.39 is 0 Å². The van der Waals surface area contributed by atoms with Crippen LogP contribution in [-0.4, -0.2) is 42.0 Å². The summed E-state index contributed by atoms with van der Waals surface area (Å²) >= 11 is 1.73. The molecule has 1 spiro atoms. The molecule has 1 saturated carbocycles. The number of aliphatic imine (C=N–C) groups is 1. The van der Waals surface area contributed by atoms with Gasteiger partial charge in [-0.15, -0.1) is 11.3 Å². The first-order chi connectivity index (χ1) is 11.2. The van der Waals surface area contributed by atoms with Gasteiger partial charge in [-0.2, -0.15) is 0 Å². The largest absolute Gasteiger partial charge is 0.357 e. The van der Waals surface area contributed by atoms with E-state index in [1.807, 2.05) is 0 Å². The zero-order chi connectivity index (χ0) is 16.1. The van der Waals surface area contributed by atoms with Gasteiger partial charge in [-0.25, -0.2) is 4.98 Å². The van der Waals surface area contributed by atoms with Crippen LogP contribution in [0.25, 0.3) is 0 Å². The summed E-state index contributed by atoms with van der Waals surface area (Å²) in [5, 5.41) is 6.80. The molecule has 0 amide bonds. The first-order valence-electron chi connectivity index (χ1n) is 9.15. The fourth-order valence-electron chi connectivity index (χ4n) is 4.05. The molecule has 1 aromatic heterocycles. The van der Waals surface area contributed by atoms with Gasteiger partial charge in [0.1, 0.15) is 0 Å². The molecule has 2 heterocycles. The Morgan fingerprint density at radius 2 is 2.17 bits per heavy atom. The van der Waals surface area contributed by atoms with Crippen LogP contribution in [0.4, 0.5) is 0 Å². The Labute approximate surface area is 144 Å². The lowest BCUT2D eigenvalue weighted by Crippen LogP contribution is -2.41. The van der Waals surface area contributed by atoms with Gasteiger partial charge in [-0.05, 0) is 38.5 Å². The van der Waals surface area contributed by atoms with E-state index >= 15 is 0 Å². The van der Waals surface area contributed by atoms with Crippen molar-refractivity contribution in [1.82, 2.24) is 15.2 Å². The normalized spacial score (nSPS) is 21.1. The van der Waals surface area contributed by atoms with Crippen LogP contribution in [0.2, 0.25) is 0 Å². The van der Waals surface area contributed by atoms with Gasteiger partial charge in [-0.1, -0.05) is 19.3 Å². The standard InChI is InChI=1S/C18H30N4S/c1-3-19-17(20-11-7-16-13-23-15(2)21-16)22-12-10-18(14-22)8-5-4-6-9-18/h13H,3-12,14H2,1-2H3,(H,19,20). The molecule has 0 bridgehead atoms. The molecule has 0 unspecified atom stereocenters. The van der Waals surface area contributed by atoms with E-state index in [0.717, 1.165) is 30.5 Å². The maximum atomic E-state index is 4.87. The molecule has 23 heavy (non-hydrogen) atoms. The molecule has 128 valence electrons. The summed E-state index contributed by atoms with van der Waals surface area (Å²) in [6, 6.07) is 0. The molecule has 5 heteroatoms. The van der Waals surface area contributed by atoms with E-state index in [9.17, 15) is 0 Å². The molecule has 4 nitrogen and oxygen atoms in total. The summed E-state index contributed by atoms with van der Waals surface area (Å²) < 4.78 is 0. The number of nitrogens with one attached hydrogen (secondary N) is 1. The molecule has 0 atom stereocenters. The van der Waals surface area contributed by atoms with Crippen molar-refractivity contribution < 1.29 is 0 Å². The molecule has 0 radical (unpaired) electrons. The molecule has 1 aromatic rings. The molecule has 2 fully saturated rings. The number of hydrogen-bond donors (Lipinski definition) is 1. The maximum Gasteiger partial charge on any atom is 0.193 e. The van der Waals surface area contributed by atoms with Crippen molar-refractivity contribution in [2.75, 3.05) is 26.2 Å². The van der Waals surface area contributed by atoms with Crippen molar-refractivity contribution in [3.05, 3.63) is 16.1 Å². The number of guanidine groups is 1. The van der Waals surface area contributed by atoms with Crippen molar-refractivity contribution >= 4 is 17.3 Å². The monoisotopic (exact) mass is 334 g/mol. The number of likely N-dealkylation sites (tertiary alicyclic amines) is 1. The second kappa shape index (κ2) is 7.65. The second-order valence-electron chi connectivity index (χ2n) is 7.08. The van der Waals surface area contributed by atoms with Crippen LogP contribution in [0.1, 0.15) is 56.2 Å². The highest BCUT2D eigenvalue weighted by molar-refractivity contribution is 7.09. The Hall–Kier alpha value is -1.10. The molecule has 1 N–H and O–H groups in total. The van der Waals surface area contributed by atoms with E-state index in [4.69, 9.17) is 4.99 Å². The minimum atomic E-state index is 0.584. The van der Waals surface area contributed by atoms with Crippen molar-refractivity contribution in [2.24, 2.45) is 10.4 Å². The SMILES string of the molecule is CCNC(=NCCc1csc(C)n1)N1CCC2(CCCCC2)C1. The van der Waals surface area contributed by atoms with E-state index in [-0.39, 0.29) is 0 Å². The summed E-state index contributed by atoms with van der Waals surface area (Å²) in [5.41, 5.74) is 1.76. The summed E-state index contributed by atoms with van der Waals surface area (Å²) in [4.78, 5) is 11.9. The predicted octanol–water partition coefficient (Wildman–Crippen LogP) is 3.62. The number of nitrogens with zero attached hydrogens (tertiary/aromatic N) is 3. The number of aromatic nitrogens is 1. The van der Waals surface area contributed by atoms with Gasteiger partial charge in [0.25, 0.3) is 0 Å². The van der Waals surface area contributed by atoms with E-state index in [0.29, 0.717) is 5.41 Å². The van der Waals surface area contributed by atoms with Gasteiger partial charge >= 0.3 is 0 Å². The van der Waals surface area contributed by atoms with Crippen LogP contribution in [-0.2, 0) is 6.42 Å². The Morgan fingerprint density at radius 1 is 1.35 bits per heavy atom. The Bertz CT molecular complexity index is 531. The van der Waals surface area contributed by atoms with Crippen LogP contribution in [0.3, 0.4) is 0 Å². The number of aryl methyl sites for hydroxylation is 1. The zero-order valence-corrected chi connectivity index (χ0v) is 15.4. The second-order valence-corrected chi connectivity index (χ2v) is 8.14. The summed E-state index contributed by atoms with van der Waals surface area (Å²) in [6.45, 7) is 8.37. The van der Waals surface area contributed by atoms with Gasteiger partial charge < -0.3 is 10.2 Å². The molecule has 1 aliphatic carbocycles. The van der Waals surface area contributed by atoms with Crippen LogP contribution >= 0.6 is 11.3 Å². The van der Waals surface area contributed by atoms with Crippen LogP contribution in [0.15, 0.2) is 10.4 Å². The van der Waals surface area contributed by atoms with Crippen LogP contribution in [0.5, 0.6) is 0 Å². The minimum Gasteiger partial charge on any atom is -0.357 e. The first kappa shape index (κ1) is 16.7. The third-order valence-electron chi connectivity index (χ3n) is 5.28. The molecule has 3 rings (SSSR count). The maximum absolute atomic E-state index is 4.87. The average molecular weight is 335 g/mol. The predicted molar refractivity (Wildman–Crippen MR) is 98.2 cm³/mol. The Kier molecular flexibility index (Phi) is 5.57. The van der Waals surface area contributed by atoms with Gasteiger partial charge in [0.15, 0.2) is 5.96 Å². The lowest BCUT2D eigenvalue weighted by Gasteiger charge is -2.33. The highest BCUT2D eigenvalue weighted by Crippen LogP contribution is 2.43. The molecule has 0 aromatic carbocycles. The fourth-order valence-corrected chi connectivity index (χ4v) is 4.70. The lowest BCUT2D eigenvalue weighted by atomic mass is 9.73. The summed E-state index contributed by atoms with van der Waals surface area (Å²) in [7, 11) is 0. The molecular weight excluding hydrogens is 304 g/mol.